The van der Waals surface area contributed by atoms with E-state index < -0.39 is 11.7 Å². The SMILES string of the molecule is O=C(Cn1nc(C2CC2)ccc1=O)Nc1ccc(Cl)c(F)c1. The number of aromatic nitrogens is 2. The van der Waals surface area contributed by atoms with E-state index in [-0.39, 0.29) is 22.8 Å². The molecule has 1 heterocycles. The summed E-state index contributed by atoms with van der Waals surface area (Å²) >= 11 is 5.58. The molecule has 0 unspecified atom stereocenters. The van der Waals surface area contributed by atoms with Crippen LogP contribution in [0.15, 0.2) is 35.1 Å². The van der Waals surface area contributed by atoms with E-state index in [9.17, 15) is 14.0 Å². The molecule has 1 amide bonds. The number of nitrogens with one attached hydrogen (secondary N) is 1. The quantitative estimate of drug-likeness (QED) is 0.941. The number of halogens is 2. The molecule has 0 saturated heterocycles. The van der Waals surface area contributed by atoms with Crippen molar-refractivity contribution in [2.75, 3.05) is 5.32 Å². The first kappa shape index (κ1) is 14.7. The molecule has 2 aromatic rings. The van der Waals surface area contributed by atoms with Gasteiger partial charge in [0, 0.05) is 17.7 Å². The van der Waals surface area contributed by atoms with Crippen molar-refractivity contribution in [1.29, 1.82) is 0 Å². The lowest BCUT2D eigenvalue weighted by Crippen LogP contribution is -2.29. The summed E-state index contributed by atoms with van der Waals surface area (Å²) in [6, 6.07) is 7.07. The summed E-state index contributed by atoms with van der Waals surface area (Å²) in [6.45, 7) is -0.219. The number of hydrogen-bond donors (Lipinski definition) is 1. The van der Waals surface area contributed by atoms with Crippen LogP contribution in [0.25, 0.3) is 0 Å². The Labute approximate surface area is 130 Å². The zero-order valence-corrected chi connectivity index (χ0v) is 12.3. The van der Waals surface area contributed by atoms with Crippen LogP contribution in [-0.2, 0) is 11.3 Å². The second kappa shape index (κ2) is 5.88. The van der Waals surface area contributed by atoms with Crippen molar-refractivity contribution in [2.24, 2.45) is 0 Å². The lowest BCUT2D eigenvalue weighted by atomic mass is 10.3. The third kappa shape index (κ3) is 3.33. The molecule has 1 aromatic carbocycles. The van der Waals surface area contributed by atoms with Gasteiger partial charge in [0.05, 0.1) is 10.7 Å². The van der Waals surface area contributed by atoms with E-state index in [4.69, 9.17) is 11.6 Å². The number of hydrogen-bond acceptors (Lipinski definition) is 3. The molecule has 7 heteroatoms. The van der Waals surface area contributed by atoms with Crippen LogP contribution in [0.4, 0.5) is 10.1 Å². The predicted molar refractivity (Wildman–Crippen MR) is 80.5 cm³/mol. The summed E-state index contributed by atoms with van der Waals surface area (Å²) in [5, 5.41) is 6.69. The normalized spacial score (nSPS) is 13.9. The van der Waals surface area contributed by atoms with Crippen LogP contribution in [0, 0.1) is 5.82 Å². The summed E-state index contributed by atoms with van der Waals surface area (Å²) in [4.78, 5) is 23.7. The fourth-order valence-corrected chi connectivity index (χ4v) is 2.20. The van der Waals surface area contributed by atoms with Crippen LogP contribution in [0.1, 0.15) is 24.5 Å². The Morgan fingerprint density at radius 1 is 1.36 bits per heavy atom. The molecule has 1 saturated carbocycles. The Morgan fingerprint density at radius 3 is 2.82 bits per heavy atom. The molecule has 0 bridgehead atoms. The molecular formula is C15H13ClFN3O2. The largest absolute Gasteiger partial charge is 0.324 e. The number of benzene rings is 1. The standard InChI is InChI=1S/C15H13ClFN3O2/c16-11-4-3-10(7-12(11)17)18-14(21)8-20-15(22)6-5-13(19-20)9-1-2-9/h3-7,9H,1-2,8H2,(H,18,21). The summed E-state index contributed by atoms with van der Waals surface area (Å²) in [6.07, 6.45) is 2.11. The van der Waals surface area contributed by atoms with Gasteiger partial charge in [0.1, 0.15) is 12.4 Å². The molecule has 1 aliphatic carbocycles. The van der Waals surface area contributed by atoms with E-state index in [0.717, 1.165) is 29.3 Å². The molecule has 1 N–H and O–H groups in total. The van der Waals surface area contributed by atoms with Gasteiger partial charge in [0.2, 0.25) is 5.91 Å². The molecular weight excluding hydrogens is 309 g/mol. The van der Waals surface area contributed by atoms with Crippen molar-refractivity contribution < 1.29 is 9.18 Å². The van der Waals surface area contributed by atoms with Gasteiger partial charge in [0.15, 0.2) is 0 Å². The minimum absolute atomic E-state index is 0.0204. The van der Waals surface area contributed by atoms with E-state index in [2.05, 4.69) is 10.4 Å². The number of amides is 1. The van der Waals surface area contributed by atoms with Crippen molar-refractivity contribution in [1.82, 2.24) is 9.78 Å². The van der Waals surface area contributed by atoms with Crippen LogP contribution in [0.2, 0.25) is 5.02 Å². The molecule has 5 nitrogen and oxygen atoms in total. The summed E-state index contributed by atoms with van der Waals surface area (Å²) in [7, 11) is 0. The minimum Gasteiger partial charge on any atom is -0.324 e. The fourth-order valence-electron chi connectivity index (χ4n) is 2.09. The van der Waals surface area contributed by atoms with Gasteiger partial charge < -0.3 is 5.32 Å². The highest BCUT2D eigenvalue weighted by atomic mass is 35.5. The molecule has 1 fully saturated rings. The topological polar surface area (TPSA) is 64.0 Å². The van der Waals surface area contributed by atoms with Crippen LogP contribution >= 0.6 is 11.6 Å². The highest BCUT2D eigenvalue weighted by molar-refractivity contribution is 6.30. The molecule has 22 heavy (non-hydrogen) atoms. The zero-order valence-electron chi connectivity index (χ0n) is 11.6. The maximum absolute atomic E-state index is 13.3. The number of nitrogens with zero attached hydrogens (tertiary/aromatic N) is 2. The second-order valence-electron chi connectivity index (χ2n) is 5.21. The molecule has 0 radical (unpaired) electrons. The van der Waals surface area contributed by atoms with Gasteiger partial charge in [-0.05, 0) is 37.1 Å². The molecule has 1 aliphatic rings. The van der Waals surface area contributed by atoms with E-state index in [1.54, 1.807) is 6.07 Å². The lowest BCUT2D eigenvalue weighted by Gasteiger charge is -2.08. The Hall–Kier alpha value is -2.21. The predicted octanol–water partition coefficient (Wildman–Crippen LogP) is 2.55. The summed E-state index contributed by atoms with van der Waals surface area (Å²) in [5.41, 5.74) is 0.755. The number of anilines is 1. The van der Waals surface area contributed by atoms with Crippen LogP contribution < -0.4 is 10.9 Å². The Bertz CT molecular complexity index is 787. The molecule has 0 spiro atoms. The van der Waals surface area contributed by atoms with Gasteiger partial charge in [-0.1, -0.05) is 11.6 Å². The lowest BCUT2D eigenvalue weighted by molar-refractivity contribution is -0.117. The van der Waals surface area contributed by atoms with Gasteiger partial charge >= 0.3 is 0 Å². The Balaban J connectivity index is 1.72. The van der Waals surface area contributed by atoms with Crippen LogP contribution in [0.3, 0.4) is 0 Å². The number of carbonyl (C=O) groups excluding carboxylic acids is 1. The van der Waals surface area contributed by atoms with Crippen molar-refractivity contribution in [3.63, 3.8) is 0 Å². The highest BCUT2D eigenvalue weighted by Gasteiger charge is 2.25. The van der Waals surface area contributed by atoms with Crippen molar-refractivity contribution in [3.8, 4) is 0 Å². The molecule has 3 rings (SSSR count). The van der Waals surface area contributed by atoms with Gasteiger partial charge in [-0.25, -0.2) is 9.07 Å². The van der Waals surface area contributed by atoms with Crippen molar-refractivity contribution in [2.45, 2.75) is 25.3 Å². The summed E-state index contributed by atoms with van der Waals surface area (Å²) < 4.78 is 14.4. The molecule has 1 aromatic heterocycles. The zero-order chi connectivity index (χ0) is 15.7. The summed E-state index contributed by atoms with van der Waals surface area (Å²) in [5.74, 6) is -0.685. The molecule has 0 atom stereocenters. The van der Waals surface area contributed by atoms with Crippen molar-refractivity contribution >= 4 is 23.2 Å². The van der Waals surface area contributed by atoms with Gasteiger partial charge in [0.25, 0.3) is 5.56 Å². The van der Waals surface area contributed by atoms with E-state index >= 15 is 0 Å². The highest BCUT2D eigenvalue weighted by Crippen LogP contribution is 2.38. The van der Waals surface area contributed by atoms with E-state index in [1.807, 2.05) is 0 Å². The van der Waals surface area contributed by atoms with E-state index in [0.29, 0.717) is 5.92 Å². The first-order chi connectivity index (χ1) is 10.5. The monoisotopic (exact) mass is 321 g/mol. The third-order valence-electron chi connectivity index (χ3n) is 3.38. The molecule has 0 aliphatic heterocycles. The maximum atomic E-state index is 13.3. The van der Waals surface area contributed by atoms with E-state index in [1.165, 1.54) is 18.2 Å². The number of rotatable bonds is 4. The number of carbonyl (C=O) groups is 1. The smallest absolute Gasteiger partial charge is 0.267 e. The second-order valence-corrected chi connectivity index (χ2v) is 5.61. The maximum Gasteiger partial charge on any atom is 0.267 e. The van der Waals surface area contributed by atoms with Gasteiger partial charge in [-0.3, -0.25) is 9.59 Å². The van der Waals surface area contributed by atoms with Gasteiger partial charge in [-0.2, -0.15) is 5.10 Å². The minimum atomic E-state index is -0.620. The van der Waals surface area contributed by atoms with Crippen molar-refractivity contribution in [3.05, 3.63) is 57.2 Å². The Morgan fingerprint density at radius 2 is 2.14 bits per heavy atom. The fraction of sp³-hybridized carbons (Fsp3) is 0.267. The van der Waals surface area contributed by atoms with Crippen LogP contribution in [0.5, 0.6) is 0 Å². The Kier molecular flexibility index (Phi) is 3.94. The first-order valence-corrected chi connectivity index (χ1v) is 7.24. The molecule has 114 valence electrons. The first-order valence-electron chi connectivity index (χ1n) is 6.86. The average molecular weight is 322 g/mol. The van der Waals surface area contributed by atoms with Crippen LogP contribution in [-0.4, -0.2) is 15.7 Å². The third-order valence-corrected chi connectivity index (χ3v) is 3.69. The average Bonchev–Trinajstić information content (AvgIpc) is 3.30. The van der Waals surface area contributed by atoms with Gasteiger partial charge in [-0.15, -0.1) is 0 Å².